The van der Waals surface area contributed by atoms with Gasteiger partial charge in [-0.1, -0.05) is 6.07 Å². The van der Waals surface area contributed by atoms with Crippen molar-refractivity contribution < 1.29 is 4.79 Å². The van der Waals surface area contributed by atoms with Crippen LogP contribution in [-0.2, 0) is 6.54 Å². The van der Waals surface area contributed by atoms with Crippen molar-refractivity contribution in [3.05, 3.63) is 45.4 Å². The maximum atomic E-state index is 11.9. The topological polar surface area (TPSA) is 68.0 Å². The van der Waals surface area contributed by atoms with E-state index >= 15 is 0 Å². The predicted molar refractivity (Wildman–Crippen MR) is 73.9 cm³/mol. The van der Waals surface area contributed by atoms with Gasteiger partial charge in [0.05, 0.1) is 0 Å². The summed E-state index contributed by atoms with van der Waals surface area (Å²) in [5, 5.41) is 5.31. The average Bonchev–Trinajstić information content (AvgIpc) is 2.82. The zero-order valence-corrected chi connectivity index (χ0v) is 11.2. The fourth-order valence-corrected chi connectivity index (χ4v) is 2.18. The maximum absolute atomic E-state index is 11.9. The van der Waals surface area contributed by atoms with Crippen molar-refractivity contribution in [2.45, 2.75) is 20.4 Å². The van der Waals surface area contributed by atoms with Crippen LogP contribution in [0.1, 0.15) is 26.6 Å². The first-order valence-electron chi connectivity index (χ1n) is 5.63. The number of thiazole rings is 1. The summed E-state index contributed by atoms with van der Waals surface area (Å²) >= 11 is 1.40. The van der Waals surface area contributed by atoms with Crippen molar-refractivity contribution in [2.24, 2.45) is 5.73 Å². The molecule has 2 rings (SSSR count). The molecule has 0 aliphatic rings. The van der Waals surface area contributed by atoms with Gasteiger partial charge in [-0.2, -0.15) is 0 Å². The van der Waals surface area contributed by atoms with Gasteiger partial charge < -0.3 is 11.1 Å². The number of hydrogen-bond donors (Lipinski definition) is 2. The largest absolute Gasteiger partial charge is 0.325 e. The van der Waals surface area contributed by atoms with Gasteiger partial charge in [0.1, 0.15) is 10.7 Å². The molecule has 0 aliphatic carbocycles. The van der Waals surface area contributed by atoms with E-state index in [1.54, 1.807) is 5.38 Å². The van der Waals surface area contributed by atoms with Crippen molar-refractivity contribution in [2.75, 3.05) is 5.32 Å². The Morgan fingerprint density at radius 3 is 2.78 bits per heavy atom. The zero-order chi connectivity index (χ0) is 13.1. The number of rotatable bonds is 3. The molecule has 0 saturated carbocycles. The third-order valence-electron chi connectivity index (χ3n) is 2.72. The molecule has 0 unspecified atom stereocenters. The number of aromatic nitrogens is 1. The molecule has 3 N–H and O–H groups in total. The molecular weight excluding hydrogens is 246 g/mol. The Kier molecular flexibility index (Phi) is 3.74. The minimum absolute atomic E-state index is 0.200. The fraction of sp³-hybridized carbons (Fsp3) is 0.231. The molecule has 4 nitrogen and oxygen atoms in total. The summed E-state index contributed by atoms with van der Waals surface area (Å²) in [6, 6.07) is 5.82. The molecule has 0 radical (unpaired) electrons. The predicted octanol–water partition coefficient (Wildman–Crippen LogP) is 2.47. The van der Waals surface area contributed by atoms with Crippen LogP contribution < -0.4 is 11.1 Å². The third kappa shape index (κ3) is 2.75. The summed E-state index contributed by atoms with van der Waals surface area (Å²) < 4.78 is 0. The molecule has 0 spiro atoms. The highest BCUT2D eigenvalue weighted by Crippen LogP contribution is 2.16. The van der Waals surface area contributed by atoms with Crippen molar-refractivity contribution in [3.63, 3.8) is 0 Å². The van der Waals surface area contributed by atoms with Gasteiger partial charge in [0.15, 0.2) is 0 Å². The second kappa shape index (κ2) is 5.29. The van der Waals surface area contributed by atoms with E-state index in [1.807, 2.05) is 32.0 Å². The highest BCUT2D eigenvalue weighted by Gasteiger charge is 2.10. The Morgan fingerprint density at radius 2 is 2.17 bits per heavy atom. The normalized spacial score (nSPS) is 10.4. The number of anilines is 1. The summed E-state index contributed by atoms with van der Waals surface area (Å²) in [5.74, 6) is -0.200. The van der Waals surface area contributed by atoms with Crippen LogP contribution in [0, 0.1) is 13.8 Å². The zero-order valence-electron chi connectivity index (χ0n) is 10.4. The molecule has 1 amide bonds. The second-order valence-electron chi connectivity index (χ2n) is 4.08. The quantitative estimate of drug-likeness (QED) is 0.891. The van der Waals surface area contributed by atoms with Crippen LogP contribution in [0.2, 0.25) is 0 Å². The first-order chi connectivity index (χ1) is 8.60. The number of carbonyl (C=O) groups excluding carboxylic acids is 1. The number of aryl methyl sites for hydroxylation is 2. The van der Waals surface area contributed by atoms with Crippen LogP contribution in [0.25, 0.3) is 0 Å². The van der Waals surface area contributed by atoms with Gasteiger partial charge in [-0.15, -0.1) is 11.3 Å². The molecule has 1 aromatic carbocycles. The van der Waals surface area contributed by atoms with Crippen molar-refractivity contribution in [1.82, 2.24) is 4.98 Å². The highest BCUT2D eigenvalue weighted by atomic mass is 32.1. The van der Waals surface area contributed by atoms with Gasteiger partial charge in [0.2, 0.25) is 0 Å². The van der Waals surface area contributed by atoms with Gasteiger partial charge in [0.25, 0.3) is 5.91 Å². The Bertz CT molecular complexity index is 577. The SMILES string of the molecule is Cc1ccc(NC(=O)c2csc(CN)n2)cc1C. The maximum Gasteiger partial charge on any atom is 0.275 e. The molecular formula is C13H15N3OS. The van der Waals surface area contributed by atoms with Gasteiger partial charge in [0, 0.05) is 17.6 Å². The lowest BCUT2D eigenvalue weighted by atomic mass is 10.1. The monoisotopic (exact) mass is 261 g/mol. The number of carbonyl (C=O) groups is 1. The van der Waals surface area contributed by atoms with Gasteiger partial charge in [-0.05, 0) is 37.1 Å². The summed E-state index contributed by atoms with van der Waals surface area (Å²) in [6.07, 6.45) is 0. The smallest absolute Gasteiger partial charge is 0.275 e. The molecule has 0 aliphatic heterocycles. The summed E-state index contributed by atoms with van der Waals surface area (Å²) in [7, 11) is 0. The Morgan fingerprint density at radius 1 is 1.39 bits per heavy atom. The molecule has 0 fully saturated rings. The molecule has 18 heavy (non-hydrogen) atoms. The minimum Gasteiger partial charge on any atom is -0.325 e. The van der Waals surface area contributed by atoms with E-state index in [2.05, 4.69) is 10.3 Å². The second-order valence-corrected chi connectivity index (χ2v) is 5.03. The number of nitrogens with one attached hydrogen (secondary N) is 1. The summed E-state index contributed by atoms with van der Waals surface area (Å²) in [5.41, 5.74) is 9.01. The lowest BCUT2D eigenvalue weighted by Crippen LogP contribution is -2.12. The van der Waals surface area contributed by atoms with Crippen LogP contribution in [0.5, 0.6) is 0 Å². The Balaban J connectivity index is 2.13. The number of hydrogen-bond acceptors (Lipinski definition) is 4. The van der Waals surface area contributed by atoms with Gasteiger partial charge in [-0.25, -0.2) is 4.98 Å². The Hall–Kier alpha value is -1.72. The molecule has 94 valence electrons. The summed E-state index contributed by atoms with van der Waals surface area (Å²) in [4.78, 5) is 16.1. The third-order valence-corrected chi connectivity index (χ3v) is 3.59. The van der Waals surface area contributed by atoms with Crippen molar-refractivity contribution in [1.29, 1.82) is 0 Å². The molecule has 5 heteroatoms. The van der Waals surface area contributed by atoms with Crippen molar-refractivity contribution >= 4 is 22.9 Å². The van der Waals surface area contributed by atoms with E-state index in [-0.39, 0.29) is 5.91 Å². The first-order valence-corrected chi connectivity index (χ1v) is 6.51. The number of amides is 1. The Labute approximate surface area is 110 Å². The number of nitrogens with two attached hydrogens (primary N) is 1. The van der Waals surface area contributed by atoms with Crippen LogP contribution in [0.15, 0.2) is 23.6 Å². The molecule has 1 aromatic heterocycles. The lowest BCUT2D eigenvalue weighted by Gasteiger charge is -2.06. The first kappa shape index (κ1) is 12.7. The average molecular weight is 261 g/mol. The van der Waals surface area contributed by atoms with Crippen LogP contribution in [-0.4, -0.2) is 10.9 Å². The van der Waals surface area contributed by atoms with Gasteiger partial charge in [-0.3, -0.25) is 4.79 Å². The molecule has 1 heterocycles. The van der Waals surface area contributed by atoms with E-state index in [4.69, 9.17) is 5.73 Å². The molecule has 0 saturated heterocycles. The summed E-state index contributed by atoms with van der Waals surface area (Å²) in [6.45, 7) is 4.41. The van der Waals surface area contributed by atoms with Crippen LogP contribution in [0.3, 0.4) is 0 Å². The number of benzene rings is 1. The molecule has 2 aromatic rings. The van der Waals surface area contributed by atoms with E-state index in [0.29, 0.717) is 12.2 Å². The van der Waals surface area contributed by atoms with E-state index in [9.17, 15) is 4.79 Å². The lowest BCUT2D eigenvalue weighted by molar-refractivity contribution is 0.102. The highest BCUT2D eigenvalue weighted by molar-refractivity contribution is 7.09. The molecule has 0 atom stereocenters. The van der Waals surface area contributed by atoms with E-state index in [0.717, 1.165) is 16.3 Å². The van der Waals surface area contributed by atoms with E-state index in [1.165, 1.54) is 16.9 Å². The standard InChI is InChI=1S/C13H15N3OS/c1-8-3-4-10(5-9(8)2)15-13(17)11-7-18-12(6-14)16-11/h3-5,7H,6,14H2,1-2H3,(H,15,17). The van der Waals surface area contributed by atoms with Crippen molar-refractivity contribution in [3.8, 4) is 0 Å². The molecule has 0 bridgehead atoms. The number of nitrogens with zero attached hydrogens (tertiary/aromatic N) is 1. The fourth-order valence-electron chi connectivity index (χ4n) is 1.52. The van der Waals surface area contributed by atoms with Crippen LogP contribution >= 0.6 is 11.3 Å². The van der Waals surface area contributed by atoms with E-state index < -0.39 is 0 Å². The van der Waals surface area contributed by atoms with Crippen LogP contribution in [0.4, 0.5) is 5.69 Å². The minimum atomic E-state index is -0.200. The van der Waals surface area contributed by atoms with Gasteiger partial charge >= 0.3 is 0 Å².